The van der Waals surface area contributed by atoms with Crippen LogP contribution in [0, 0.1) is 0 Å². The molecule has 0 aromatic heterocycles. The Bertz CT molecular complexity index is 1050. The summed E-state index contributed by atoms with van der Waals surface area (Å²) in [6.07, 6.45) is 0. The monoisotopic (exact) mass is 362 g/mol. The fourth-order valence-corrected chi connectivity index (χ4v) is 4.10. The van der Waals surface area contributed by atoms with E-state index >= 15 is 0 Å². The zero-order valence-corrected chi connectivity index (χ0v) is 15.6. The highest BCUT2D eigenvalue weighted by Crippen LogP contribution is 2.43. The van der Waals surface area contributed by atoms with Gasteiger partial charge >= 0.3 is 0 Å². The smallest absolute Gasteiger partial charge is 0.0671 e. The maximum atomic E-state index is 2.40. The Hall–Kier alpha value is -3.52. The van der Waals surface area contributed by atoms with Crippen LogP contribution < -0.4 is 10.0 Å². The van der Waals surface area contributed by atoms with Crippen LogP contribution in [0.5, 0.6) is 0 Å². The molecule has 0 spiro atoms. The van der Waals surface area contributed by atoms with Gasteiger partial charge in [0.05, 0.1) is 23.6 Å². The van der Waals surface area contributed by atoms with Crippen LogP contribution in [0.3, 0.4) is 0 Å². The first kappa shape index (κ1) is 16.6. The van der Waals surface area contributed by atoms with E-state index in [9.17, 15) is 0 Å². The lowest BCUT2D eigenvalue weighted by molar-refractivity contribution is 0.685. The number of para-hydroxylation sites is 3. The number of nitrogens with zero attached hydrogens (tertiary/aromatic N) is 2. The molecule has 1 aliphatic rings. The molecule has 4 aromatic carbocycles. The van der Waals surface area contributed by atoms with Gasteiger partial charge in [-0.25, -0.2) is 0 Å². The van der Waals surface area contributed by atoms with E-state index in [1.54, 1.807) is 0 Å². The maximum absolute atomic E-state index is 2.40. The van der Waals surface area contributed by atoms with Crippen molar-refractivity contribution in [1.29, 1.82) is 0 Å². The fourth-order valence-electron chi connectivity index (χ4n) is 4.10. The van der Waals surface area contributed by atoms with E-state index in [-0.39, 0.29) is 0 Å². The molecule has 0 bridgehead atoms. The van der Waals surface area contributed by atoms with Crippen molar-refractivity contribution < 1.29 is 0 Å². The van der Waals surface area contributed by atoms with Gasteiger partial charge in [0.1, 0.15) is 0 Å². The van der Waals surface area contributed by atoms with Crippen LogP contribution in [-0.4, -0.2) is 6.54 Å². The summed E-state index contributed by atoms with van der Waals surface area (Å²) in [5, 5.41) is 4.75. The molecule has 0 amide bonds. The summed E-state index contributed by atoms with van der Waals surface area (Å²) in [7, 11) is 0. The second kappa shape index (κ2) is 7.24. The average molecular weight is 362 g/mol. The molecule has 0 saturated heterocycles. The first-order valence-corrected chi connectivity index (χ1v) is 9.73. The minimum atomic E-state index is 0.317. The lowest BCUT2D eigenvalue weighted by atomic mass is 9.87. The van der Waals surface area contributed by atoms with Crippen molar-refractivity contribution >= 4 is 17.1 Å². The van der Waals surface area contributed by atoms with Gasteiger partial charge < -0.3 is 0 Å². The molecule has 2 nitrogen and oxygen atoms in total. The number of hydrogen-bond donors (Lipinski definition) is 0. The van der Waals surface area contributed by atoms with Gasteiger partial charge in [0.15, 0.2) is 0 Å². The van der Waals surface area contributed by atoms with E-state index < -0.39 is 0 Å². The molecule has 0 radical (unpaired) electrons. The van der Waals surface area contributed by atoms with Gasteiger partial charge in [-0.2, -0.15) is 0 Å². The highest BCUT2D eigenvalue weighted by molar-refractivity contribution is 5.75. The summed E-state index contributed by atoms with van der Waals surface area (Å²) < 4.78 is 0. The van der Waals surface area contributed by atoms with Gasteiger partial charge in [-0.3, -0.25) is 10.0 Å². The normalized spacial score (nSPS) is 15.9. The van der Waals surface area contributed by atoms with Gasteiger partial charge in [0.25, 0.3) is 0 Å². The lowest BCUT2D eigenvalue weighted by Crippen LogP contribution is -2.46. The molecule has 0 N–H and O–H groups in total. The van der Waals surface area contributed by atoms with Crippen LogP contribution in [0.4, 0.5) is 17.1 Å². The molecule has 2 heteroatoms. The van der Waals surface area contributed by atoms with E-state index in [0.717, 1.165) is 6.54 Å². The van der Waals surface area contributed by atoms with E-state index in [2.05, 4.69) is 125 Å². The number of anilines is 3. The first-order valence-electron chi connectivity index (χ1n) is 9.73. The zero-order valence-electron chi connectivity index (χ0n) is 15.6. The predicted molar refractivity (Wildman–Crippen MR) is 117 cm³/mol. The lowest BCUT2D eigenvalue weighted by Gasteiger charge is -2.46. The van der Waals surface area contributed by atoms with Crippen molar-refractivity contribution in [3.8, 4) is 0 Å². The second-order valence-corrected chi connectivity index (χ2v) is 7.09. The molecule has 1 atom stereocenters. The average Bonchev–Trinajstić information content (AvgIpc) is 2.80. The van der Waals surface area contributed by atoms with Crippen molar-refractivity contribution in [2.45, 2.75) is 5.92 Å². The van der Waals surface area contributed by atoms with Gasteiger partial charge in [-0.15, -0.1) is 0 Å². The third-order valence-electron chi connectivity index (χ3n) is 5.39. The molecule has 0 fully saturated rings. The molecular formula is C26H22N2. The summed E-state index contributed by atoms with van der Waals surface area (Å²) >= 11 is 0. The Morgan fingerprint density at radius 3 is 1.75 bits per heavy atom. The molecule has 1 heterocycles. The third kappa shape index (κ3) is 2.93. The van der Waals surface area contributed by atoms with E-state index in [1.807, 2.05) is 0 Å². The fraction of sp³-hybridized carbons (Fsp3) is 0.0769. The first-order chi connectivity index (χ1) is 13.9. The molecule has 136 valence electrons. The summed E-state index contributed by atoms with van der Waals surface area (Å²) in [5.74, 6) is 0.317. The maximum Gasteiger partial charge on any atom is 0.0671 e. The topological polar surface area (TPSA) is 6.48 Å². The van der Waals surface area contributed by atoms with Crippen molar-refractivity contribution in [2.24, 2.45) is 0 Å². The number of fused-ring (bicyclic) bond motifs is 1. The number of hydrazine groups is 1. The number of hydrogen-bond acceptors (Lipinski definition) is 2. The van der Waals surface area contributed by atoms with Gasteiger partial charge in [-0.05, 0) is 41.5 Å². The molecule has 0 saturated carbocycles. The van der Waals surface area contributed by atoms with E-state index in [1.165, 1.54) is 28.2 Å². The van der Waals surface area contributed by atoms with Crippen LogP contribution in [0.2, 0.25) is 0 Å². The summed E-state index contributed by atoms with van der Waals surface area (Å²) in [5.41, 5.74) is 6.32. The van der Waals surface area contributed by atoms with Crippen molar-refractivity contribution in [3.63, 3.8) is 0 Å². The summed E-state index contributed by atoms with van der Waals surface area (Å²) in [6.45, 7) is 0.889. The molecule has 5 rings (SSSR count). The van der Waals surface area contributed by atoms with Crippen molar-refractivity contribution in [2.75, 3.05) is 16.6 Å². The van der Waals surface area contributed by atoms with Crippen LogP contribution in [-0.2, 0) is 0 Å². The van der Waals surface area contributed by atoms with E-state index in [0.29, 0.717) is 5.92 Å². The number of benzene rings is 4. The second-order valence-electron chi connectivity index (χ2n) is 7.09. The Balaban J connectivity index is 1.71. The Kier molecular flexibility index (Phi) is 4.30. The molecular weight excluding hydrogens is 340 g/mol. The van der Waals surface area contributed by atoms with Crippen LogP contribution >= 0.6 is 0 Å². The van der Waals surface area contributed by atoms with E-state index in [4.69, 9.17) is 0 Å². The standard InChI is InChI=1S/C26H22N2/c1-4-12-21(13-5-1)25-20-27(22-14-6-2-7-15-22)28(23-16-8-3-9-17-23)26-19-11-10-18-24(25)26/h1-19,25H,20H2. The highest BCUT2D eigenvalue weighted by atomic mass is 15.6. The van der Waals surface area contributed by atoms with Crippen LogP contribution in [0.15, 0.2) is 115 Å². The predicted octanol–water partition coefficient (Wildman–Crippen LogP) is 6.39. The van der Waals surface area contributed by atoms with Gasteiger partial charge in [0, 0.05) is 5.92 Å². The van der Waals surface area contributed by atoms with Crippen molar-refractivity contribution in [3.05, 3.63) is 126 Å². The largest absolute Gasteiger partial charge is 0.280 e. The van der Waals surface area contributed by atoms with Gasteiger partial charge in [-0.1, -0.05) is 84.9 Å². The molecule has 0 aliphatic carbocycles. The summed E-state index contributed by atoms with van der Waals surface area (Å²) in [6, 6.07) is 40.9. The Morgan fingerprint density at radius 2 is 1.07 bits per heavy atom. The SMILES string of the molecule is c1ccc(C2CN(c3ccccc3)N(c3ccccc3)c3ccccc32)cc1. The van der Waals surface area contributed by atoms with Gasteiger partial charge in [0.2, 0.25) is 0 Å². The Labute approximate surface area is 166 Å². The van der Waals surface area contributed by atoms with Crippen LogP contribution in [0.25, 0.3) is 0 Å². The summed E-state index contributed by atoms with van der Waals surface area (Å²) in [4.78, 5) is 0. The minimum Gasteiger partial charge on any atom is -0.280 e. The molecule has 28 heavy (non-hydrogen) atoms. The molecule has 1 aliphatic heterocycles. The zero-order chi connectivity index (χ0) is 18.8. The molecule has 4 aromatic rings. The quantitative estimate of drug-likeness (QED) is 0.416. The Morgan fingerprint density at radius 1 is 0.536 bits per heavy atom. The van der Waals surface area contributed by atoms with Crippen LogP contribution in [0.1, 0.15) is 17.0 Å². The third-order valence-corrected chi connectivity index (χ3v) is 5.39. The minimum absolute atomic E-state index is 0.317. The van der Waals surface area contributed by atoms with Crippen molar-refractivity contribution in [1.82, 2.24) is 0 Å². The molecule has 1 unspecified atom stereocenters. The highest BCUT2D eigenvalue weighted by Gasteiger charge is 2.32. The number of rotatable bonds is 3.